The normalized spacial score (nSPS) is 10.9. The minimum Gasteiger partial charge on any atom is -0.497 e. The Hall–Kier alpha value is -3.97. The molecule has 7 heteroatoms. The molecule has 1 heterocycles. The first-order valence-corrected chi connectivity index (χ1v) is 10.9. The van der Waals surface area contributed by atoms with Crippen molar-refractivity contribution >= 4 is 29.2 Å². The van der Waals surface area contributed by atoms with Gasteiger partial charge >= 0.3 is 0 Å². The van der Waals surface area contributed by atoms with E-state index in [-0.39, 0.29) is 0 Å². The summed E-state index contributed by atoms with van der Waals surface area (Å²) in [6.45, 7) is 4.13. The smallest absolute Gasteiger partial charge is 0.191 e. The Labute approximate surface area is 198 Å². The van der Waals surface area contributed by atoms with Gasteiger partial charge in [-0.3, -0.25) is 5.43 Å². The van der Waals surface area contributed by atoms with Crippen molar-refractivity contribution in [2.45, 2.75) is 13.8 Å². The number of benzene rings is 3. The molecule has 166 valence electrons. The van der Waals surface area contributed by atoms with E-state index in [0.717, 1.165) is 39.5 Å². The number of methoxy groups -OCH3 is 1. The number of aryl methyl sites for hydroxylation is 1. The first-order chi connectivity index (χ1) is 16.0. The standard InChI is InChI=1S/C26H25N5OS/c1-18-8-7-11-24(19(18)2)28-26(33)29-27-16-21-17-31(22-9-5-4-6-10-22)30-25(21)20-12-14-23(32-3)15-13-20/h4-17H,1-3H3,(H2,28,29,33). The molecule has 4 aromatic rings. The fourth-order valence-electron chi connectivity index (χ4n) is 3.37. The van der Waals surface area contributed by atoms with E-state index >= 15 is 0 Å². The van der Waals surface area contributed by atoms with Crippen LogP contribution in [0.2, 0.25) is 0 Å². The molecule has 0 radical (unpaired) electrons. The van der Waals surface area contributed by atoms with Crippen molar-refractivity contribution in [3.63, 3.8) is 0 Å². The van der Waals surface area contributed by atoms with Crippen LogP contribution in [0.5, 0.6) is 5.75 Å². The molecule has 2 N–H and O–H groups in total. The van der Waals surface area contributed by atoms with Gasteiger partial charge in [0.25, 0.3) is 0 Å². The zero-order valence-corrected chi connectivity index (χ0v) is 19.6. The fourth-order valence-corrected chi connectivity index (χ4v) is 3.53. The summed E-state index contributed by atoms with van der Waals surface area (Å²) in [5.41, 5.74) is 9.79. The number of aromatic nitrogens is 2. The minimum absolute atomic E-state index is 0.418. The third-order valence-corrected chi connectivity index (χ3v) is 5.54. The van der Waals surface area contributed by atoms with Gasteiger partial charge in [0, 0.05) is 23.0 Å². The first-order valence-electron chi connectivity index (χ1n) is 10.5. The molecule has 0 atom stereocenters. The number of para-hydroxylation sites is 1. The second-order valence-electron chi connectivity index (χ2n) is 7.51. The Morgan fingerprint density at radius 2 is 1.76 bits per heavy atom. The molecule has 0 aliphatic rings. The number of nitrogens with zero attached hydrogens (tertiary/aromatic N) is 3. The molecule has 0 spiro atoms. The highest BCUT2D eigenvalue weighted by molar-refractivity contribution is 7.80. The van der Waals surface area contributed by atoms with Crippen molar-refractivity contribution in [1.82, 2.24) is 15.2 Å². The van der Waals surface area contributed by atoms with Gasteiger partial charge in [-0.2, -0.15) is 10.2 Å². The maximum absolute atomic E-state index is 5.42. The van der Waals surface area contributed by atoms with Gasteiger partial charge in [-0.25, -0.2) is 4.68 Å². The topological polar surface area (TPSA) is 63.5 Å². The third kappa shape index (κ3) is 5.27. The van der Waals surface area contributed by atoms with E-state index in [1.807, 2.05) is 77.6 Å². The van der Waals surface area contributed by atoms with Crippen LogP contribution >= 0.6 is 12.2 Å². The molecule has 6 nitrogen and oxygen atoms in total. The largest absolute Gasteiger partial charge is 0.497 e. The van der Waals surface area contributed by atoms with Crippen LogP contribution in [0.3, 0.4) is 0 Å². The Balaban J connectivity index is 1.57. The number of nitrogens with one attached hydrogen (secondary N) is 2. The predicted molar refractivity (Wildman–Crippen MR) is 138 cm³/mol. The second-order valence-corrected chi connectivity index (χ2v) is 7.92. The zero-order chi connectivity index (χ0) is 23.2. The van der Waals surface area contributed by atoms with E-state index < -0.39 is 0 Å². The zero-order valence-electron chi connectivity index (χ0n) is 18.7. The molecule has 0 aliphatic carbocycles. The van der Waals surface area contributed by atoms with Crippen LogP contribution in [0.15, 0.2) is 84.1 Å². The van der Waals surface area contributed by atoms with Crippen molar-refractivity contribution in [1.29, 1.82) is 0 Å². The fraction of sp³-hybridized carbons (Fsp3) is 0.115. The lowest BCUT2D eigenvalue weighted by Gasteiger charge is -2.11. The Morgan fingerprint density at radius 1 is 1.00 bits per heavy atom. The Morgan fingerprint density at radius 3 is 2.48 bits per heavy atom. The van der Waals surface area contributed by atoms with Crippen LogP contribution < -0.4 is 15.5 Å². The summed E-state index contributed by atoms with van der Waals surface area (Å²) in [6, 6.07) is 23.8. The van der Waals surface area contributed by atoms with E-state index in [1.165, 1.54) is 5.56 Å². The summed E-state index contributed by atoms with van der Waals surface area (Å²) < 4.78 is 7.12. The molecule has 0 unspecified atom stereocenters. The van der Waals surface area contributed by atoms with Gasteiger partial charge in [0.2, 0.25) is 0 Å². The SMILES string of the molecule is COc1ccc(-c2nn(-c3ccccc3)cc2C=NNC(=S)Nc2cccc(C)c2C)cc1. The van der Waals surface area contributed by atoms with Crippen LogP contribution in [0.4, 0.5) is 5.69 Å². The molecule has 1 aromatic heterocycles. The lowest BCUT2D eigenvalue weighted by Crippen LogP contribution is -2.24. The van der Waals surface area contributed by atoms with Crippen LogP contribution in [-0.2, 0) is 0 Å². The lowest BCUT2D eigenvalue weighted by molar-refractivity contribution is 0.415. The third-order valence-electron chi connectivity index (χ3n) is 5.35. The Bertz CT molecular complexity index is 1280. The molecule has 0 aliphatic heterocycles. The molecule has 3 aromatic carbocycles. The number of hydrazone groups is 1. The molecule has 0 fully saturated rings. The molecule has 0 saturated carbocycles. The van der Waals surface area contributed by atoms with Gasteiger partial charge in [0.05, 0.1) is 19.0 Å². The number of thiocarbonyl (C=S) groups is 1. The van der Waals surface area contributed by atoms with Crippen molar-refractivity contribution in [3.8, 4) is 22.7 Å². The highest BCUT2D eigenvalue weighted by atomic mass is 32.1. The van der Waals surface area contributed by atoms with Crippen molar-refractivity contribution in [3.05, 3.63) is 95.7 Å². The van der Waals surface area contributed by atoms with Gasteiger partial charge < -0.3 is 10.1 Å². The van der Waals surface area contributed by atoms with E-state index in [2.05, 4.69) is 35.8 Å². The first kappa shape index (κ1) is 22.2. The number of anilines is 1. The van der Waals surface area contributed by atoms with Crippen molar-refractivity contribution in [2.75, 3.05) is 12.4 Å². The van der Waals surface area contributed by atoms with Crippen molar-refractivity contribution < 1.29 is 4.74 Å². The number of hydrogen-bond donors (Lipinski definition) is 2. The van der Waals surface area contributed by atoms with Gasteiger partial charge in [-0.1, -0.05) is 30.3 Å². The second kappa shape index (κ2) is 10.1. The number of hydrogen-bond acceptors (Lipinski definition) is 4. The highest BCUT2D eigenvalue weighted by Crippen LogP contribution is 2.25. The van der Waals surface area contributed by atoms with E-state index in [9.17, 15) is 0 Å². The summed E-state index contributed by atoms with van der Waals surface area (Å²) in [7, 11) is 1.65. The van der Waals surface area contributed by atoms with Crippen molar-refractivity contribution in [2.24, 2.45) is 5.10 Å². The number of ether oxygens (including phenoxy) is 1. The summed E-state index contributed by atoms with van der Waals surface area (Å²) in [5, 5.41) is 12.8. The maximum atomic E-state index is 5.42. The maximum Gasteiger partial charge on any atom is 0.191 e. The molecule has 4 rings (SSSR count). The van der Waals surface area contributed by atoms with Gasteiger partial charge in [0.15, 0.2) is 5.11 Å². The molecular formula is C26H25N5OS. The molecule has 0 bridgehead atoms. The highest BCUT2D eigenvalue weighted by Gasteiger charge is 2.11. The summed E-state index contributed by atoms with van der Waals surface area (Å²) in [5.74, 6) is 0.793. The number of rotatable bonds is 6. The van der Waals surface area contributed by atoms with Gasteiger partial charge in [-0.05, 0) is 79.7 Å². The monoisotopic (exact) mass is 455 g/mol. The quantitative estimate of drug-likeness (QED) is 0.229. The van der Waals surface area contributed by atoms with E-state index in [0.29, 0.717) is 5.11 Å². The average molecular weight is 456 g/mol. The summed E-state index contributed by atoms with van der Waals surface area (Å²) >= 11 is 5.42. The van der Waals surface area contributed by atoms with E-state index in [4.69, 9.17) is 22.1 Å². The van der Waals surface area contributed by atoms with Crippen LogP contribution in [0.1, 0.15) is 16.7 Å². The molecule has 33 heavy (non-hydrogen) atoms. The summed E-state index contributed by atoms with van der Waals surface area (Å²) in [4.78, 5) is 0. The predicted octanol–water partition coefficient (Wildman–Crippen LogP) is 5.49. The summed E-state index contributed by atoms with van der Waals surface area (Å²) in [6.07, 6.45) is 3.67. The van der Waals surface area contributed by atoms with E-state index in [1.54, 1.807) is 13.3 Å². The molecular weight excluding hydrogens is 430 g/mol. The van der Waals surface area contributed by atoms with Gasteiger partial charge in [-0.15, -0.1) is 0 Å². The van der Waals surface area contributed by atoms with Crippen LogP contribution in [0, 0.1) is 13.8 Å². The van der Waals surface area contributed by atoms with Crippen LogP contribution in [-0.4, -0.2) is 28.2 Å². The Kier molecular flexibility index (Phi) is 6.80. The minimum atomic E-state index is 0.418. The average Bonchev–Trinajstić information content (AvgIpc) is 3.27. The lowest BCUT2D eigenvalue weighted by atomic mass is 10.1. The molecule has 0 amide bonds. The molecule has 0 saturated heterocycles. The van der Waals surface area contributed by atoms with Crippen LogP contribution in [0.25, 0.3) is 16.9 Å². The van der Waals surface area contributed by atoms with Gasteiger partial charge in [0.1, 0.15) is 11.4 Å².